The zero-order valence-electron chi connectivity index (χ0n) is 11.3. The van der Waals surface area contributed by atoms with Crippen molar-refractivity contribution in [3.05, 3.63) is 29.3 Å². The summed E-state index contributed by atoms with van der Waals surface area (Å²) >= 11 is 0. The summed E-state index contributed by atoms with van der Waals surface area (Å²) in [6.45, 7) is 4.50. The van der Waals surface area contributed by atoms with Gasteiger partial charge in [-0.1, -0.05) is 19.1 Å². The number of anilines is 1. The second-order valence-electron chi connectivity index (χ2n) is 4.80. The number of rotatable bonds is 3. The number of amides is 2. The van der Waals surface area contributed by atoms with Gasteiger partial charge in [-0.05, 0) is 30.5 Å². The van der Waals surface area contributed by atoms with Crippen LogP contribution in [0, 0.1) is 6.92 Å². The van der Waals surface area contributed by atoms with Gasteiger partial charge in [0.15, 0.2) is 0 Å². The van der Waals surface area contributed by atoms with Gasteiger partial charge in [0.05, 0.1) is 6.54 Å². The van der Waals surface area contributed by atoms with Crippen LogP contribution in [0.25, 0.3) is 0 Å². The van der Waals surface area contributed by atoms with Crippen molar-refractivity contribution in [2.24, 2.45) is 5.73 Å². The Balaban J connectivity index is 2.45. The highest BCUT2D eigenvalue weighted by Crippen LogP contribution is 2.26. The Morgan fingerprint density at radius 1 is 1.42 bits per heavy atom. The molecule has 3 N–H and O–H groups in total. The molecule has 0 aromatic heterocycles. The molecule has 0 aliphatic carbocycles. The number of piperazine rings is 1. The highest BCUT2D eigenvalue weighted by Gasteiger charge is 2.33. The molecule has 1 saturated heterocycles. The first-order chi connectivity index (χ1) is 9.06. The van der Waals surface area contributed by atoms with Gasteiger partial charge < -0.3 is 10.6 Å². The van der Waals surface area contributed by atoms with Crippen molar-refractivity contribution < 1.29 is 9.59 Å². The van der Waals surface area contributed by atoms with E-state index in [4.69, 9.17) is 5.73 Å². The minimum absolute atomic E-state index is 0.195. The Morgan fingerprint density at radius 2 is 2.16 bits per heavy atom. The van der Waals surface area contributed by atoms with E-state index >= 15 is 0 Å². The van der Waals surface area contributed by atoms with E-state index in [-0.39, 0.29) is 24.4 Å². The minimum atomic E-state index is -0.315. The largest absolute Gasteiger partial charge is 0.350 e. The smallest absolute Gasteiger partial charge is 0.249 e. The summed E-state index contributed by atoms with van der Waals surface area (Å²) in [5.74, 6) is -0.498. The predicted molar refractivity (Wildman–Crippen MR) is 73.6 cm³/mol. The number of imide groups is 1. The zero-order valence-corrected chi connectivity index (χ0v) is 11.3. The Bertz CT molecular complexity index is 513. The van der Waals surface area contributed by atoms with Gasteiger partial charge >= 0.3 is 0 Å². The van der Waals surface area contributed by atoms with Gasteiger partial charge in [0, 0.05) is 12.2 Å². The lowest BCUT2D eigenvalue weighted by Crippen LogP contribution is -2.58. The third kappa shape index (κ3) is 2.61. The summed E-state index contributed by atoms with van der Waals surface area (Å²) in [6.07, 6.45) is 0.650. The zero-order chi connectivity index (χ0) is 14.0. The molecule has 2 rings (SSSR count). The number of benzene rings is 1. The van der Waals surface area contributed by atoms with E-state index in [1.54, 1.807) is 0 Å². The first kappa shape index (κ1) is 13.5. The van der Waals surface area contributed by atoms with Crippen molar-refractivity contribution in [2.45, 2.75) is 32.9 Å². The molecule has 1 fully saturated rings. The average Bonchev–Trinajstić information content (AvgIpc) is 2.37. The van der Waals surface area contributed by atoms with E-state index in [9.17, 15) is 9.59 Å². The number of carbonyl (C=O) groups excluding carboxylic acids is 2. The van der Waals surface area contributed by atoms with E-state index in [0.29, 0.717) is 13.0 Å². The number of hydrogen-bond donors (Lipinski definition) is 2. The molecule has 1 aromatic carbocycles. The number of hydrogen-bond acceptors (Lipinski definition) is 4. The van der Waals surface area contributed by atoms with Crippen LogP contribution >= 0.6 is 0 Å². The second kappa shape index (κ2) is 5.40. The fourth-order valence-electron chi connectivity index (χ4n) is 2.44. The SMILES string of the molecule is CCC1C(=O)NC(=O)CN1c1cc(C)ccc1CN. The van der Waals surface area contributed by atoms with Gasteiger partial charge in [0.2, 0.25) is 11.8 Å². The molecule has 0 radical (unpaired) electrons. The van der Waals surface area contributed by atoms with Crippen LogP contribution in [-0.2, 0) is 16.1 Å². The summed E-state index contributed by atoms with van der Waals surface area (Å²) in [7, 11) is 0. The molecule has 1 atom stereocenters. The first-order valence-electron chi connectivity index (χ1n) is 6.46. The highest BCUT2D eigenvalue weighted by atomic mass is 16.2. The first-order valence-corrected chi connectivity index (χ1v) is 6.46. The molecule has 1 unspecified atom stereocenters. The van der Waals surface area contributed by atoms with Crippen LogP contribution in [0.1, 0.15) is 24.5 Å². The average molecular weight is 261 g/mol. The van der Waals surface area contributed by atoms with Crippen molar-refractivity contribution >= 4 is 17.5 Å². The van der Waals surface area contributed by atoms with Gasteiger partial charge in [-0.25, -0.2) is 0 Å². The Morgan fingerprint density at radius 3 is 2.79 bits per heavy atom. The molecular formula is C14H19N3O2. The maximum absolute atomic E-state index is 11.9. The molecule has 5 nitrogen and oxygen atoms in total. The lowest BCUT2D eigenvalue weighted by Gasteiger charge is -2.36. The molecule has 19 heavy (non-hydrogen) atoms. The molecule has 2 amide bonds. The fraction of sp³-hybridized carbons (Fsp3) is 0.429. The molecule has 0 bridgehead atoms. The van der Waals surface area contributed by atoms with Gasteiger partial charge in [-0.15, -0.1) is 0 Å². The van der Waals surface area contributed by atoms with Crippen LogP contribution in [-0.4, -0.2) is 24.4 Å². The van der Waals surface area contributed by atoms with Crippen LogP contribution < -0.4 is 16.0 Å². The summed E-state index contributed by atoms with van der Waals surface area (Å²) in [5.41, 5.74) is 8.67. The Labute approximate surface area is 112 Å². The second-order valence-corrected chi connectivity index (χ2v) is 4.80. The van der Waals surface area contributed by atoms with Crippen LogP contribution in [0.4, 0.5) is 5.69 Å². The van der Waals surface area contributed by atoms with Crippen LogP contribution in [0.15, 0.2) is 18.2 Å². The minimum Gasteiger partial charge on any atom is -0.350 e. The van der Waals surface area contributed by atoms with Crippen molar-refractivity contribution in [3.8, 4) is 0 Å². The maximum atomic E-state index is 11.9. The summed E-state index contributed by atoms with van der Waals surface area (Å²) < 4.78 is 0. The lowest BCUT2D eigenvalue weighted by molar-refractivity contribution is -0.132. The topological polar surface area (TPSA) is 75.4 Å². The molecule has 1 aromatic rings. The monoisotopic (exact) mass is 261 g/mol. The van der Waals surface area contributed by atoms with Gasteiger partial charge in [-0.3, -0.25) is 14.9 Å². The van der Waals surface area contributed by atoms with Gasteiger partial charge in [0.25, 0.3) is 0 Å². The fourth-order valence-corrected chi connectivity index (χ4v) is 2.44. The summed E-state index contributed by atoms with van der Waals surface area (Å²) in [6, 6.07) is 5.61. The molecule has 0 spiro atoms. The van der Waals surface area contributed by atoms with Crippen LogP contribution in [0.5, 0.6) is 0 Å². The Hall–Kier alpha value is -1.88. The summed E-state index contributed by atoms with van der Waals surface area (Å²) in [5, 5.41) is 2.38. The number of nitrogens with one attached hydrogen (secondary N) is 1. The van der Waals surface area contributed by atoms with Gasteiger partial charge in [-0.2, -0.15) is 0 Å². The molecule has 102 valence electrons. The van der Waals surface area contributed by atoms with Crippen LogP contribution in [0.3, 0.4) is 0 Å². The molecule has 5 heteroatoms. The van der Waals surface area contributed by atoms with Crippen molar-refractivity contribution in [1.82, 2.24) is 5.32 Å². The van der Waals surface area contributed by atoms with Crippen molar-refractivity contribution in [3.63, 3.8) is 0 Å². The quantitative estimate of drug-likeness (QED) is 0.785. The third-order valence-electron chi connectivity index (χ3n) is 3.41. The van der Waals surface area contributed by atoms with E-state index in [1.165, 1.54) is 0 Å². The van der Waals surface area contributed by atoms with Crippen LogP contribution in [0.2, 0.25) is 0 Å². The predicted octanol–water partition coefficient (Wildman–Crippen LogP) is 0.695. The maximum Gasteiger partial charge on any atom is 0.249 e. The molecule has 1 aliphatic heterocycles. The standard InChI is InChI=1S/C14H19N3O2/c1-3-11-14(19)16-13(18)8-17(11)12-6-9(2)4-5-10(12)7-15/h4-6,11H,3,7-8,15H2,1-2H3,(H,16,18,19). The summed E-state index contributed by atoms with van der Waals surface area (Å²) in [4.78, 5) is 25.4. The molecule has 1 heterocycles. The molecule has 0 saturated carbocycles. The number of carbonyl (C=O) groups is 2. The normalized spacial score (nSPS) is 19.5. The molecular weight excluding hydrogens is 242 g/mol. The lowest BCUT2D eigenvalue weighted by atomic mass is 10.0. The number of nitrogens with zero attached hydrogens (tertiary/aromatic N) is 1. The van der Waals surface area contributed by atoms with Crippen molar-refractivity contribution in [1.29, 1.82) is 0 Å². The molecule has 1 aliphatic rings. The van der Waals surface area contributed by atoms with Gasteiger partial charge in [0.1, 0.15) is 6.04 Å². The highest BCUT2D eigenvalue weighted by molar-refractivity contribution is 6.04. The van der Waals surface area contributed by atoms with E-state index in [0.717, 1.165) is 16.8 Å². The Kier molecular flexibility index (Phi) is 3.85. The van der Waals surface area contributed by atoms with E-state index in [1.807, 2.05) is 36.9 Å². The third-order valence-corrected chi connectivity index (χ3v) is 3.41. The van der Waals surface area contributed by atoms with E-state index < -0.39 is 0 Å². The van der Waals surface area contributed by atoms with E-state index in [2.05, 4.69) is 5.32 Å². The number of aryl methyl sites for hydroxylation is 1. The number of nitrogens with two attached hydrogens (primary N) is 1. The van der Waals surface area contributed by atoms with Crippen molar-refractivity contribution in [2.75, 3.05) is 11.4 Å².